The fraction of sp³-hybridized carbons (Fsp3) is 0.300. The molecule has 146 valence electrons. The van der Waals surface area contributed by atoms with Crippen LogP contribution in [0.2, 0.25) is 0 Å². The predicted molar refractivity (Wildman–Crippen MR) is 111 cm³/mol. The van der Waals surface area contributed by atoms with Gasteiger partial charge in [0.05, 0.1) is 39.4 Å². The van der Waals surface area contributed by atoms with E-state index in [1.807, 2.05) is 32.0 Å². The Morgan fingerprint density at radius 1 is 1.14 bits per heavy atom. The summed E-state index contributed by atoms with van der Waals surface area (Å²) in [6.07, 6.45) is -0.981. The summed E-state index contributed by atoms with van der Waals surface area (Å²) in [5.41, 5.74) is 2.96. The maximum Gasteiger partial charge on any atom is 0.266 e. The molecule has 1 saturated heterocycles. The van der Waals surface area contributed by atoms with Gasteiger partial charge in [0.2, 0.25) is 0 Å². The van der Waals surface area contributed by atoms with Gasteiger partial charge in [-0.3, -0.25) is 9.36 Å². The number of thioether (sulfide) groups is 1. The molecular weight excluding hydrogens is 396 g/mol. The lowest BCUT2D eigenvalue weighted by atomic mass is 10.1. The third kappa shape index (κ3) is 3.47. The molecule has 8 heteroatoms. The lowest BCUT2D eigenvalue weighted by Gasteiger charge is -2.18. The number of hydrogen-bond donors (Lipinski definition) is 1. The average molecular weight is 417 g/mol. The molecule has 0 bridgehead atoms. The van der Waals surface area contributed by atoms with E-state index in [0.717, 1.165) is 22.9 Å². The average Bonchev–Trinajstić information content (AvgIpc) is 2.89. The second kappa shape index (κ2) is 7.02. The van der Waals surface area contributed by atoms with E-state index >= 15 is 0 Å². The standard InChI is InChI=1S/C20H20N2O4S2/c1-12-7-8-13(2)16(9-12)22-19(24)14-5-3-4-6-15(14)21-20(22)27-18-11-28(25,26)10-17(18)23/h3-9,17-18,23H,10-11H2,1-2H3/t17-,18+/m1/s1. The smallest absolute Gasteiger partial charge is 0.266 e. The quantitative estimate of drug-likeness (QED) is 0.659. The van der Waals surface area contributed by atoms with E-state index in [2.05, 4.69) is 4.98 Å². The van der Waals surface area contributed by atoms with Crippen LogP contribution in [-0.2, 0) is 9.84 Å². The van der Waals surface area contributed by atoms with Crippen molar-refractivity contribution in [2.45, 2.75) is 30.4 Å². The summed E-state index contributed by atoms with van der Waals surface area (Å²) in [5.74, 6) is -0.389. The van der Waals surface area contributed by atoms with Gasteiger partial charge in [0.1, 0.15) is 0 Å². The van der Waals surface area contributed by atoms with Gasteiger partial charge in [-0.25, -0.2) is 13.4 Å². The van der Waals surface area contributed by atoms with Gasteiger partial charge in [0, 0.05) is 0 Å². The molecule has 1 N–H and O–H groups in total. The van der Waals surface area contributed by atoms with Crippen molar-refractivity contribution in [3.63, 3.8) is 0 Å². The van der Waals surface area contributed by atoms with Crippen molar-refractivity contribution in [1.29, 1.82) is 0 Å². The maximum absolute atomic E-state index is 13.3. The second-order valence-electron chi connectivity index (χ2n) is 7.14. The van der Waals surface area contributed by atoms with E-state index in [1.54, 1.807) is 24.3 Å². The van der Waals surface area contributed by atoms with E-state index < -0.39 is 21.2 Å². The highest BCUT2D eigenvalue weighted by Gasteiger charge is 2.38. The molecule has 0 radical (unpaired) electrons. The maximum atomic E-state index is 13.3. The number of fused-ring (bicyclic) bond motifs is 1. The van der Waals surface area contributed by atoms with Crippen LogP contribution in [0.1, 0.15) is 11.1 Å². The first-order chi connectivity index (χ1) is 13.2. The summed E-state index contributed by atoms with van der Waals surface area (Å²) in [7, 11) is -3.30. The summed E-state index contributed by atoms with van der Waals surface area (Å²) in [6, 6.07) is 12.9. The molecule has 1 aliphatic heterocycles. The Morgan fingerprint density at radius 3 is 2.61 bits per heavy atom. The van der Waals surface area contributed by atoms with Crippen LogP contribution in [0.25, 0.3) is 16.6 Å². The van der Waals surface area contributed by atoms with Crippen molar-refractivity contribution in [1.82, 2.24) is 9.55 Å². The highest BCUT2D eigenvalue weighted by atomic mass is 32.2. The molecule has 6 nitrogen and oxygen atoms in total. The van der Waals surface area contributed by atoms with Crippen molar-refractivity contribution < 1.29 is 13.5 Å². The minimum Gasteiger partial charge on any atom is -0.391 e. The number of para-hydroxylation sites is 1. The molecule has 1 aliphatic rings. The van der Waals surface area contributed by atoms with E-state index in [9.17, 15) is 18.3 Å². The number of aryl methyl sites for hydroxylation is 2. The fourth-order valence-corrected chi connectivity index (χ4v) is 7.00. The molecule has 2 aromatic carbocycles. The molecule has 0 aliphatic carbocycles. The van der Waals surface area contributed by atoms with Gasteiger partial charge >= 0.3 is 0 Å². The topological polar surface area (TPSA) is 89.3 Å². The monoisotopic (exact) mass is 416 g/mol. The van der Waals surface area contributed by atoms with Gasteiger partial charge in [0.15, 0.2) is 15.0 Å². The van der Waals surface area contributed by atoms with E-state index in [0.29, 0.717) is 21.7 Å². The van der Waals surface area contributed by atoms with Crippen LogP contribution in [0.3, 0.4) is 0 Å². The van der Waals surface area contributed by atoms with Crippen LogP contribution >= 0.6 is 11.8 Å². The van der Waals surface area contributed by atoms with Crippen LogP contribution < -0.4 is 5.56 Å². The van der Waals surface area contributed by atoms with Crippen molar-refractivity contribution >= 4 is 32.5 Å². The molecule has 0 saturated carbocycles. The van der Waals surface area contributed by atoms with E-state index in [1.165, 1.54) is 4.57 Å². The number of sulfone groups is 1. The third-order valence-electron chi connectivity index (χ3n) is 4.88. The van der Waals surface area contributed by atoms with Crippen LogP contribution in [-0.4, -0.2) is 45.9 Å². The van der Waals surface area contributed by atoms with Gasteiger partial charge in [-0.15, -0.1) is 0 Å². The van der Waals surface area contributed by atoms with Gasteiger partial charge < -0.3 is 5.11 Å². The Labute approximate surface area is 167 Å². The molecule has 3 aromatic rings. The molecular formula is C20H20N2O4S2. The SMILES string of the molecule is Cc1ccc(C)c(-n2c(S[C@H]3CS(=O)(=O)C[C@H]3O)nc3ccccc3c2=O)c1. The van der Waals surface area contributed by atoms with Crippen molar-refractivity contribution in [2.24, 2.45) is 0 Å². The predicted octanol–water partition coefficient (Wildman–Crippen LogP) is 2.25. The minimum absolute atomic E-state index is 0.131. The lowest BCUT2D eigenvalue weighted by molar-refractivity contribution is 0.207. The zero-order chi connectivity index (χ0) is 20.1. The van der Waals surface area contributed by atoms with E-state index in [-0.39, 0.29) is 17.1 Å². The summed E-state index contributed by atoms with van der Waals surface area (Å²) < 4.78 is 25.4. The van der Waals surface area contributed by atoms with Crippen LogP contribution in [0.5, 0.6) is 0 Å². The first kappa shape index (κ1) is 19.2. The highest BCUT2D eigenvalue weighted by molar-refractivity contribution is 8.01. The molecule has 0 amide bonds. The molecule has 1 aromatic heterocycles. The van der Waals surface area contributed by atoms with Gasteiger partial charge in [-0.1, -0.05) is 36.0 Å². The van der Waals surface area contributed by atoms with Gasteiger partial charge in [0.25, 0.3) is 5.56 Å². The van der Waals surface area contributed by atoms with E-state index in [4.69, 9.17) is 0 Å². The second-order valence-corrected chi connectivity index (χ2v) is 10.5. The zero-order valence-corrected chi connectivity index (χ0v) is 17.1. The largest absolute Gasteiger partial charge is 0.391 e. The van der Waals surface area contributed by atoms with Gasteiger partial charge in [-0.05, 0) is 43.2 Å². The number of aliphatic hydroxyl groups excluding tert-OH is 1. The number of aromatic nitrogens is 2. The van der Waals surface area contributed by atoms with Crippen LogP contribution in [0.15, 0.2) is 52.4 Å². The summed E-state index contributed by atoms with van der Waals surface area (Å²) >= 11 is 1.15. The molecule has 2 heterocycles. The number of rotatable bonds is 3. The summed E-state index contributed by atoms with van der Waals surface area (Å²) in [4.78, 5) is 18.0. The highest BCUT2D eigenvalue weighted by Crippen LogP contribution is 2.32. The van der Waals surface area contributed by atoms with Gasteiger partial charge in [-0.2, -0.15) is 0 Å². The van der Waals surface area contributed by atoms with Crippen molar-refractivity contribution in [2.75, 3.05) is 11.5 Å². The number of nitrogens with zero attached hydrogens (tertiary/aromatic N) is 2. The lowest BCUT2D eigenvalue weighted by Crippen LogP contribution is -2.26. The van der Waals surface area contributed by atoms with Crippen molar-refractivity contribution in [3.8, 4) is 5.69 Å². The Kier molecular flexibility index (Phi) is 4.81. The first-order valence-electron chi connectivity index (χ1n) is 8.90. The first-order valence-corrected chi connectivity index (χ1v) is 11.6. The summed E-state index contributed by atoms with van der Waals surface area (Å²) in [5, 5.41) is 10.5. The van der Waals surface area contributed by atoms with Crippen LogP contribution in [0, 0.1) is 13.8 Å². The molecule has 0 unspecified atom stereocenters. The van der Waals surface area contributed by atoms with Crippen molar-refractivity contribution in [3.05, 3.63) is 63.9 Å². The third-order valence-corrected chi connectivity index (χ3v) is 8.07. The molecule has 4 rings (SSSR count). The molecule has 28 heavy (non-hydrogen) atoms. The normalized spacial score (nSPS) is 21.2. The summed E-state index contributed by atoms with van der Waals surface area (Å²) in [6.45, 7) is 3.86. The molecule has 0 spiro atoms. The number of benzene rings is 2. The zero-order valence-electron chi connectivity index (χ0n) is 15.5. The number of hydrogen-bond acceptors (Lipinski definition) is 6. The minimum atomic E-state index is -3.30. The van der Waals surface area contributed by atoms with Crippen LogP contribution in [0.4, 0.5) is 0 Å². The number of aliphatic hydroxyl groups is 1. The molecule has 1 fully saturated rings. The molecule has 2 atom stereocenters. The Hall–Kier alpha value is -2.16. The fourth-order valence-electron chi connectivity index (χ4n) is 3.41. The Balaban J connectivity index is 1.94. The Morgan fingerprint density at radius 2 is 1.89 bits per heavy atom. The Bertz CT molecular complexity index is 1230.